The van der Waals surface area contributed by atoms with E-state index in [1.165, 1.54) is 0 Å². The highest BCUT2D eigenvalue weighted by molar-refractivity contribution is 5.93. The van der Waals surface area contributed by atoms with E-state index in [4.69, 9.17) is 5.11 Å². The largest absolute Gasteiger partial charge is 0.394 e. The van der Waals surface area contributed by atoms with Crippen LogP contribution in [0.25, 0.3) is 0 Å². The Bertz CT molecular complexity index is 619. The van der Waals surface area contributed by atoms with Crippen LogP contribution < -0.4 is 16.1 Å². The first-order valence-electron chi connectivity index (χ1n) is 6.46. The molecule has 1 unspecified atom stereocenters. The SMILES string of the molecule is CC1=Nc2c([nH]c(=O)[nH]c2=O)N(CCCC(O)CO)C1. The van der Waals surface area contributed by atoms with E-state index < -0.39 is 17.4 Å². The Labute approximate surface area is 114 Å². The van der Waals surface area contributed by atoms with Crippen LogP contribution in [0.15, 0.2) is 14.6 Å². The van der Waals surface area contributed by atoms with Gasteiger partial charge in [0, 0.05) is 12.3 Å². The number of aliphatic hydroxyl groups is 2. The van der Waals surface area contributed by atoms with E-state index in [2.05, 4.69) is 15.0 Å². The predicted molar refractivity (Wildman–Crippen MR) is 75.0 cm³/mol. The summed E-state index contributed by atoms with van der Waals surface area (Å²) >= 11 is 0. The van der Waals surface area contributed by atoms with Crippen LogP contribution in [0.1, 0.15) is 19.8 Å². The second-order valence-corrected chi connectivity index (χ2v) is 4.85. The Balaban J connectivity index is 2.19. The summed E-state index contributed by atoms with van der Waals surface area (Å²) in [6.45, 7) is 2.61. The standard InChI is InChI=1S/C12H18N4O4/c1-7-5-16(4-2-3-8(18)6-17)10-9(13-7)11(19)15-12(20)14-10/h8,17-18H,2-6H2,1H3,(H2,14,15,19,20). The Morgan fingerprint density at radius 3 is 2.85 bits per heavy atom. The van der Waals surface area contributed by atoms with Gasteiger partial charge in [-0.1, -0.05) is 0 Å². The van der Waals surface area contributed by atoms with Gasteiger partial charge in [0.25, 0.3) is 5.56 Å². The number of H-pyrrole nitrogens is 2. The average Bonchev–Trinajstić information content (AvgIpc) is 2.39. The molecule has 1 atom stereocenters. The molecule has 2 heterocycles. The number of nitrogens with one attached hydrogen (secondary N) is 2. The average molecular weight is 282 g/mol. The Morgan fingerprint density at radius 2 is 2.15 bits per heavy atom. The lowest BCUT2D eigenvalue weighted by molar-refractivity contribution is 0.0870. The molecule has 1 aliphatic heterocycles. The number of aliphatic hydroxyl groups excluding tert-OH is 2. The molecule has 8 nitrogen and oxygen atoms in total. The highest BCUT2D eigenvalue weighted by atomic mass is 16.3. The number of nitrogens with zero attached hydrogens (tertiary/aromatic N) is 2. The van der Waals surface area contributed by atoms with E-state index in [-0.39, 0.29) is 12.3 Å². The van der Waals surface area contributed by atoms with Gasteiger partial charge in [-0.05, 0) is 19.8 Å². The molecule has 1 aromatic heterocycles. The van der Waals surface area contributed by atoms with Crippen LogP contribution in [-0.4, -0.2) is 51.7 Å². The van der Waals surface area contributed by atoms with Crippen molar-refractivity contribution in [3.8, 4) is 0 Å². The highest BCUT2D eigenvalue weighted by Crippen LogP contribution is 2.25. The maximum Gasteiger partial charge on any atom is 0.327 e. The molecule has 1 aromatic rings. The zero-order valence-electron chi connectivity index (χ0n) is 11.2. The van der Waals surface area contributed by atoms with Gasteiger partial charge in [-0.2, -0.15) is 0 Å². The van der Waals surface area contributed by atoms with Crippen LogP contribution in [0.4, 0.5) is 11.5 Å². The minimum atomic E-state index is -0.743. The summed E-state index contributed by atoms with van der Waals surface area (Å²) in [6, 6.07) is 0. The molecule has 1 aliphatic rings. The third-order valence-electron chi connectivity index (χ3n) is 3.11. The molecule has 0 bridgehead atoms. The van der Waals surface area contributed by atoms with Gasteiger partial charge in [-0.25, -0.2) is 9.79 Å². The van der Waals surface area contributed by atoms with Crippen LogP contribution in [0.3, 0.4) is 0 Å². The zero-order valence-corrected chi connectivity index (χ0v) is 11.2. The lowest BCUT2D eigenvalue weighted by atomic mass is 10.2. The second kappa shape index (κ2) is 6.02. The van der Waals surface area contributed by atoms with Crippen molar-refractivity contribution < 1.29 is 10.2 Å². The monoisotopic (exact) mass is 282 g/mol. The molecule has 110 valence electrons. The molecule has 20 heavy (non-hydrogen) atoms. The molecule has 0 aliphatic carbocycles. The van der Waals surface area contributed by atoms with Crippen LogP contribution in [-0.2, 0) is 0 Å². The third kappa shape index (κ3) is 3.14. The van der Waals surface area contributed by atoms with E-state index in [1.54, 1.807) is 0 Å². The van der Waals surface area contributed by atoms with Gasteiger partial charge in [-0.15, -0.1) is 0 Å². The van der Waals surface area contributed by atoms with Crippen molar-refractivity contribution in [2.24, 2.45) is 4.99 Å². The Hall–Kier alpha value is -1.93. The molecule has 4 N–H and O–H groups in total. The van der Waals surface area contributed by atoms with Crippen LogP contribution in [0.5, 0.6) is 0 Å². The van der Waals surface area contributed by atoms with Crippen molar-refractivity contribution in [1.82, 2.24) is 9.97 Å². The molecule has 0 saturated carbocycles. The number of aromatic amines is 2. The van der Waals surface area contributed by atoms with E-state index in [0.29, 0.717) is 31.7 Å². The molecule has 8 heteroatoms. The zero-order chi connectivity index (χ0) is 14.7. The first kappa shape index (κ1) is 14.5. The van der Waals surface area contributed by atoms with Crippen molar-refractivity contribution >= 4 is 17.2 Å². The topological polar surface area (TPSA) is 122 Å². The van der Waals surface area contributed by atoms with Gasteiger partial charge >= 0.3 is 5.69 Å². The first-order chi connectivity index (χ1) is 9.51. The van der Waals surface area contributed by atoms with E-state index in [0.717, 1.165) is 5.71 Å². The number of aliphatic imine (C=N–C) groups is 1. The fraction of sp³-hybridized carbons (Fsp3) is 0.583. The van der Waals surface area contributed by atoms with Crippen LogP contribution in [0, 0.1) is 0 Å². The fourth-order valence-corrected chi connectivity index (χ4v) is 2.18. The Morgan fingerprint density at radius 1 is 1.40 bits per heavy atom. The molecule has 0 aromatic carbocycles. The molecule has 2 rings (SSSR count). The summed E-state index contributed by atoms with van der Waals surface area (Å²) in [6.07, 6.45) is 0.335. The van der Waals surface area contributed by atoms with Crippen molar-refractivity contribution in [1.29, 1.82) is 0 Å². The number of hydrogen-bond acceptors (Lipinski definition) is 6. The van der Waals surface area contributed by atoms with Gasteiger partial charge in [0.15, 0.2) is 5.69 Å². The number of hydrogen-bond donors (Lipinski definition) is 4. The number of rotatable bonds is 5. The number of aromatic nitrogens is 2. The Kier molecular flexibility index (Phi) is 4.35. The van der Waals surface area contributed by atoms with Crippen LogP contribution >= 0.6 is 0 Å². The van der Waals surface area contributed by atoms with Gasteiger partial charge in [-0.3, -0.25) is 14.8 Å². The quantitative estimate of drug-likeness (QED) is 0.558. The lowest BCUT2D eigenvalue weighted by Gasteiger charge is -2.28. The highest BCUT2D eigenvalue weighted by Gasteiger charge is 2.21. The molecule has 0 spiro atoms. The van der Waals surface area contributed by atoms with E-state index in [1.807, 2.05) is 11.8 Å². The molecule has 0 amide bonds. The summed E-state index contributed by atoms with van der Waals surface area (Å²) in [5.74, 6) is 0.405. The van der Waals surface area contributed by atoms with Crippen LogP contribution in [0.2, 0.25) is 0 Å². The van der Waals surface area contributed by atoms with Gasteiger partial charge in [0.2, 0.25) is 0 Å². The molecule has 0 saturated heterocycles. The predicted octanol–water partition coefficient (Wildman–Crippen LogP) is -0.891. The minimum Gasteiger partial charge on any atom is -0.394 e. The lowest BCUT2D eigenvalue weighted by Crippen LogP contribution is -2.37. The smallest absolute Gasteiger partial charge is 0.327 e. The maximum absolute atomic E-state index is 11.7. The van der Waals surface area contributed by atoms with E-state index >= 15 is 0 Å². The molecule has 0 radical (unpaired) electrons. The normalized spacial score (nSPS) is 15.8. The minimum absolute atomic E-state index is 0.205. The molecule has 0 fully saturated rings. The van der Waals surface area contributed by atoms with Crippen molar-refractivity contribution in [2.45, 2.75) is 25.9 Å². The van der Waals surface area contributed by atoms with E-state index in [9.17, 15) is 14.7 Å². The summed E-state index contributed by atoms with van der Waals surface area (Å²) in [4.78, 5) is 33.8. The van der Waals surface area contributed by atoms with Crippen molar-refractivity contribution in [2.75, 3.05) is 24.6 Å². The second-order valence-electron chi connectivity index (χ2n) is 4.85. The van der Waals surface area contributed by atoms with Gasteiger partial charge in [0.05, 0.1) is 19.3 Å². The maximum atomic E-state index is 11.7. The molecular formula is C12H18N4O4. The third-order valence-corrected chi connectivity index (χ3v) is 3.11. The summed E-state index contributed by atoms with van der Waals surface area (Å²) in [5.41, 5.74) is -0.0964. The summed E-state index contributed by atoms with van der Waals surface area (Å²) in [5, 5.41) is 18.1. The van der Waals surface area contributed by atoms with Gasteiger partial charge < -0.3 is 15.1 Å². The summed E-state index contributed by atoms with van der Waals surface area (Å²) < 4.78 is 0. The number of anilines is 1. The van der Waals surface area contributed by atoms with Gasteiger partial charge in [0.1, 0.15) is 5.82 Å². The number of fused-ring (bicyclic) bond motifs is 1. The first-order valence-corrected chi connectivity index (χ1v) is 6.46. The van der Waals surface area contributed by atoms with Crippen molar-refractivity contribution in [3.05, 3.63) is 20.8 Å². The fourth-order valence-electron chi connectivity index (χ4n) is 2.18. The molecular weight excluding hydrogens is 264 g/mol. The van der Waals surface area contributed by atoms with Crippen molar-refractivity contribution in [3.63, 3.8) is 0 Å². The summed E-state index contributed by atoms with van der Waals surface area (Å²) in [7, 11) is 0.